The van der Waals surface area contributed by atoms with Gasteiger partial charge in [0, 0.05) is 21.3 Å². The van der Waals surface area contributed by atoms with Crippen molar-refractivity contribution in [2.75, 3.05) is 5.32 Å². The average molecular weight is 559 g/mol. The van der Waals surface area contributed by atoms with E-state index in [2.05, 4.69) is 27.8 Å². The lowest BCUT2D eigenvalue weighted by atomic mass is 9.92. The number of carboxylic acid groups (broad SMARTS) is 1. The van der Waals surface area contributed by atoms with Crippen molar-refractivity contribution < 1.29 is 19.4 Å². The highest BCUT2D eigenvalue weighted by molar-refractivity contribution is 7.31. The third kappa shape index (κ3) is 4.59. The van der Waals surface area contributed by atoms with E-state index in [0.29, 0.717) is 24.4 Å². The number of rotatable bonds is 7. The van der Waals surface area contributed by atoms with Gasteiger partial charge < -0.3 is 9.84 Å². The van der Waals surface area contributed by atoms with Crippen LogP contribution in [0.2, 0.25) is 0 Å². The molecule has 2 N–H and O–H groups in total. The largest absolute Gasteiger partial charge is 0.481 e. The monoisotopic (exact) mass is 558 g/mol. The Bertz CT molecular complexity index is 1680. The van der Waals surface area contributed by atoms with Crippen LogP contribution in [0.3, 0.4) is 0 Å². The summed E-state index contributed by atoms with van der Waals surface area (Å²) < 4.78 is 9.31. The van der Waals surface area contributed by atoms with E-state index in [1.807, 2.05) is 62.4 Å². The Kier molecular flexibility index (Phi) is 6.23. The van der Waals surface area contributed by atoms with E-state index in [-0.39, 0.29) is 0 Å². The highest BCUT2D eigenvalue weighted by atomic mass is 32.1. The van der Waals surface area contributed by atoms with E-state index >= 15 is 0 Å². The molecule has 8 nitrogen and oxygen atoms in total. The van der Waals surface area contributed by atoms with E-state index in [9.17, 15) is 14.7 Å². The van der Waals surface area contributed by atoms with Gasteiger partial charge >= 0.3 is 12.1 Å². The molecule has 0 aliphatic heterocycles. The molecule has 0 unspecified atom stereocenters. The summed E-state index contributed by atoms with van der Waals surface area (Å²) in [4.78, 5) is 26.4. The van der Waals surface area contributed by atoms with Crippen LogP contribution in [0.15, 0.2) is 60.7 Å². The summed E-state index contributed by atoms with van der Waals surface area (Å²) in [6, 6.07) is 19.8. The van der Waals surface area contributed by atoms with Crippen LogP contribution in [-0.4, -0.2) is 32.2 Å². The number of ether oxygens (including phenoxy) is 1. The van der Waals surface area contributed by atoms with Gasteiger partial charge in [0.2, 0.25) is 0 Å². The minimum Gasteiger partial charge on any atom is -0.481 e. The number of nitrogens with zero attached hydrogens (tertiary/aromatic N) is 3. The molecule has 3 aromatic heterocycles. The van der Waals surface area contributed by atoms with Crippen molar-refractivity contribution in [2.45, 2.75) is 38.2 Å². The number of amides is 1. The predicted octanol–water partition coefficient (Wildman–Crippen LogP) is 7.16. The molecule has 0 spiro atoms. The van der Waals surface area contributed by atoms with Crippen LogP contribution in [0.5, 0.6) is 0 Å². The Morgan fingerprint density at radius 2 is 1.74 bits per heavy atom. The van der Waals surface area contributed by atoms with Crippen LogP contribution >= 0.6 is 22.7 Å². The topological polar surface area (TPSA) is 106 Å². The minimum atomic E-state index is -0.740. The van der Waals surface area contributed by atoms with Crippen molar-refractivity contribution in [3.8, 4) is 21.0 Å². The maximum Gasteiger partial charge on any atom is 0.413 e. The number of aryl methyl sites for hydroxylation is 2. The van der Waals surface area contributed by atoms with Gasteiger partial charge in [-0.2, -0.15) is 0 Å². The Balaban J connectivity index is 1.22. The molecule has 1 aliphatic carbocycles. The second-order valence-electron chi connectivity index (χ2n) is 9.86. The number of nitrogens with one attached hydrogen (secondary N) is 1. The van der Waals surface area contributed by atoms with E-state index < -0.39 is 23.6 Å². The van der Waals surface area contributed by atoms with Crippen molar-refractivity contribution in [1.29, 1.82) is 0 Å². The van der Waals surface area contributed by atoms with E-state index in [1.54, 1.807) is 29.7 Å². The Morgan fingerprint density at radius 3 is 2.41 bits per heavy atom. The molecule has 39 heavy (non-hydrogen) atoms. The Morgan fingerprint density at radius 1 is 1.05 bits per heavy atom. The quantitative estimate of drug-likeness (QED) is 0.220. The minimum absolute atomic E-state index is 0.405. The van der Waals surface area contributed by atoms with Crippen LogP contribution in [0.4, 0.5) is 10.6 Å². The molecular formula is C29H26N4O4S2. The number of hydrogen-bond acceptors (Lipinski definition) is 7. The summed E-state index contributed by atoms with van der Waals surface area (Å²) in [5, 5.41) is 20.9. The van der Waals surface area contributed by atoms with Gasteiger partial charge in [-0.1, -0.05) is 53.7 Å². The molecule has 1 saturated carbocycles. The first-order chi connectivity index (χ1) is 18.7. The van der Waals surface area contributed by atoms with Gasteiger partial charge in [-0.25, -0.2) is 9.48 Å². The van der Waals surface area contributed by atoms with Gasteiger partial charge in [-0.15, -0.1) is 27.8 Å². The van der Waals surface area contributed by atoms with Gasteiger partial charge in [0.1, 0.15) is 11.8 Å². The number of hydrogen-bond donors (Lipinski definition) is 2. The molecule has 6 rings (SSSR count). The molecular weight excluding hydrogens is 532 g/mol. The van der Waals surface area contributed by atoms with Crippen molar-refractivity contribution in [1.82, 2.24) is 15.0 Å². The number of aliphatic carboxylic acids is 1. The fourth-order valence-corrected chi connectivity index (χ4v) is 7.29. The number of carbonyl (C=O) groups excluding carboxylic acids is 1. The van der Waals surface area contributed by atoms with Crippen molar-refractivity contribution in [2.24, 2.45) is 7.05 Å². The van der Waals surface area contributed by atoms with E-state index in [4.69, 9.17) is 4.74 Å². The zero-order valence-corrected chi connectivity index (χ0v) is 23.2. The van der Waals surface area contributed by atoms with E-state index in [0.717, 1.165) is 41.4 Å². The number of benzene rings is 2. The summed E-state index contributed by atoms with van der Waals surface area (Å²) in [5.74, 6) is -0.274. The van der Waals surface area contributed by atoms with Gasteiger partial charge in [-0.3, -0.25) is 10.1 Å². The molecule has 3 heterocycles. The molecule has 0 radical (unpaired) electrons. The van der Waals surface area contributed by atoms with Gasteiger partial charge in [0.15, 0.2) is 5.82 Å². The number of thiophene rings is 2. The first-order valence-corrected chi connectivity index (χ1v) is 14.2. The zero-order valence-electron chi connectivity index (χ0n) is 21.6. The van der Waals surface area contributed by atoms with Crippen LogP contribution in [0.25, 0.3) is 30.4 Å². The average Bonchev–Trinajstić information content (AvgIpc) is 3.35. The SMILES string of the molecule is Cc1cc(C2(C(=O)O)CC2)ccc1-c1cc2sc(-c3nnn(C)c3NC(=O)O[C@H](C)c3ccccc3)cc2s1. The lowest BCUT2D eigenvalue weighted by Crippen LogP contribution is -2.19. The second-order valence-corrected chi connectivity index (χ2v) is 12.0. The number of anilines is 1. The molecule has 0 saturated heterocycles. The molecule has 10 heteroatoms. The summed E-state index contributed by atoms with van der Waals surface area (Å²) in [6.07, 6.45) is 0.412. The molecule has 2 aromatic carbocycles. The Labute approximate surface area is 232 Å². The maximum absolute atomic E-state index is 12.7. The molecule has 1 amide bonds. The third-order valence-corrected chi connectivity index (χ3v) is 9.58. The summed E-state index contributed by atoms with van der Waals surface area (Å²) in [5.41, 5.74) is 3.84. The van der Waals surface area contributed by atoms with Crippen molar-refractivity contribution in [3.63, 3.8) is 0 Å². The summed E-state index contributed by atoms with van der Waals surface area (Å²) >= 11 is 3.26. The van der Waals surface area contributed by atoms with Crippen molar-refractivity contribution in [3.05, 3.63) is 77.4 Å². The number of carbonyl (C=O) groups is 2. The lowest BCUT2D eigenvalue weighted by Gasteiger charge is -2.14. The fourth-order valence-electron chi connectivity index (χ4n) is 4.82. The lowest BCUT2D eigenvalue weighted by molar-refractivity contribution is -0.140. The Hall–Kier alpha value is -4.02. The molecule has 0 bridgehead atoms. The third-order valence-electron chi connectivity index (χ3n) is 7.24. The fraction of sp³-hybridized carbons (Fsp3) is 0.241. The molecule has 1 atom stereocenters. The molecule has 1 fully saturated rings. The normalized spacial score (nSPS) is 14.7. The molecule has 1 aliphatic rings. The first-order valence-electron chi connectivity index (χ1n) is 12.6. The van der Waals surface area contributed by atoms with Crippen LogP contribution in [0, 0.1) is 6.92 Å². The van der Waals surface area contributed by atoms with E-state index in [1.165, 1.54) is 4.68 Å². The van der Waals surface area contributed by atoms with Gasteiger partial charge in [0.05, 0.1) is 10.3 Å². The van der Waals surface area contributed by atoms with Crippen LogP contribution in [0.1, 0.15) is 42.6 Å². The number of aromatic nitrogens is 3. The van der Waals surface area contributed by atoms with Gasteiger partial charge in [-0.05, 0) is 61.1 Å². The van der Waals surface area contributed by atoms with Crippen LogP contribution in [-0.2, 0) is 22.0 Å². The van der Waals surface area contributed by atoms with Gasteiger partial charge in [0.25, 0.3) is 0 Å². The number of carboxylic acids is 1. The highest BCUT2D eigenvalue weighted by Gasteiger charge is 2.51. The summed E-state index contributed by atoms with van der Waals surface area (Å²) in [6.45, 7) is 3.86. The maximum atomic E-state index is 12.7. The predicted molar refractivity (Wildman–Crippen MR) is 153 cm³/mol. The number of fused-ring (bicyclic) bond motifs is 1. The summed E-state index contributed by atoms with van der Waals surface area (Å²) in [7, 11) is 1.73. The zero-order chi connectivity index (χ0) is 27.3. The smallest absolute Gasteiger partial charge is 0.413 e. The first kappa shape index (κ1) is 25.3. The highest BCUT2D eigenvalue weighted by Crippen LogP contribution is 2.50. The molecule has 5 aromatic rings. The van der Waals surface area contributed by atoms with Crippen LogP contribution < -0.4 is 5.32 Å². The molecule has 198 valence electrons. The van der Waals surface area contributed by atoms with Crippen molar-refractivity contribution >= 4 is 50.0 Å². The second kappa shape index (κ2) is 9.62. The standard InChI is InChI=1S/C29H26N4O4S2/c1-16-13-19(29(11-12-29)27(34)35)9-10-20(16)21-14-22-23(38-21)15-24(39-22)25-26(33(3)32-31-25)30-28(36)37-17(2)18-7-5-4-6-8-18/h4-10,13-15,17H,11-12H2,1-3H3,(H,30,36)(H,34,35)/t17-/m1/s1.